The number of hydrogen-bond donors (Lipinski definition) is 0. The molecule has 0 saturated carbocycles. The van der Waals surface area contributed by atoms with E-state index in [-0.39, 0.29) is 5.91 Å². The van der Waals surface area contributed by atoms with Gasteiger partial charge in [-0.15, -0.1) is 0 Å². The molecule has 1 aromatic carbocycles. The van der Waals surface area contributed by atoms with Gasteiger partial charge in [0.25, 0.3) is 0 Å². The van der Waals surface area contributed by atoms with E-state index in [4.69, 9.17) is 14.2 Å². The second-order valence-electron chi connectivity index (χ2n) is 4.76. The molecule has 1 aliphatic rings. The number of methoxy groups -OCH3 is 3. The van der Waals surface area contributed by atoms with Gasteiger partial charge in [0.2, 0.25) is 11.7 Å². The summed E-state index contributed by atoms with van der Waals surface area (Å²) in [7, 11) is 4.69. The maximum atomic E-state index is 12.3. The Morgan fingerprint density at radius 1 is 1.10 bits per heavy atom. The molecule has 6 heteroatoms. The summed E-state index contributed by atoms with van der Waals surface area (Å²) in [5.41, 5.74) is 0.844. The minimum absolute atomic E-state index is 0.0965. The number of benzene rings is 1. The maximum Gasteiger partial charge on any atom is 0.227 e. The van der Waals surface area contributed by atoms with Crippen molar-refractivity contribution in [1.29, 1.82) is 0 Å². The van der Waals surface area contributed by atoms with Crippen LogP contribution in [0, 0.1) is 0 Å². The van der Waals surface area contributed by atoms with Gasteiger partial charge in [0.1, 0.15) is 0 Å². The monoisotopic (exact) mass is 293 g/mol. The van der Waals surface area contributed by atoms with Crippen LogP contribution >= 0.6 is 0 Å². The number of rotatable bonds is 5. The van der Waals surface area contributed by atoms with E-state index in [2.05, 4.69) is 5.32 Å². The fourth-order valence-corrected chi connectivity index (χ4v) is 2.38. The van der Waals surface area contributed by atoms with Crippen molar-refractivity contribution in [3.05, 3.63) is 17.7 Å². The minimum Gasteiger partial charge on any atom is -0.493 e. The van der Waals surface area contributed by atoms with Crippen molar-refractivity contribution in [2.24, 2.45) is 0 Å². The molecule has 0 N–H and O–H groups in total. The van der Waals surface area contributed by atoms with Gasteiger partial charge >= 0.3 is 0 Å². The molecule has 21 heavy (non-hydrogen) atoms. The van der Waals surface area contributed by atoms with E-state index in [1.54, 1.807) is 21.3 Å². The Labute approximate surface area is 125 Å². The van der Waals surface area contributed by atoms with E-state index >= 15 is 0 Å². The Morgan fingerprint density at radius 3 is 2.14 bits per heavy atom. The summed E-state index contributed by atoms with van der Waals surface area (Å²) in [5, 5.41) is 4.24. The first-order valence-electron chi connectivity index (χ1n) is 6.89. The fourth-order valence-electron chi connectivity index (χ4n) is 2.38. The second kappa shape index (κ2) is 7.17. The molecule has 6 nitrogen and oxygen atoms in total. The molecule has 1 amide bonds. The molecule has 1 aromatic rings. The van der Waals surface area contributed by atoms with Crippen LogP contribution in [0.4, 0.5) is 0 Å². The molecule has 0 aromatic heterocycles. The van der Waals surface area contributed by atoms with E-state index in [1.807, 2.05) is 17.0 Å². The molecule has 0 spiro atoms. The molecule has 1 radical (unpaired) electrons. The molecular weight excluding hydrogens is 272 g/mol. The molecule has 1 aliphatic heterocycles. The van der Waals surface area contributed by atoms with Gasteiger partial charge in [-0.2, -0.15) is 0 Å². The van der Waals surface area contributed by atoms with Crippen molar-refractivity contribution in [1.82, 2.24) is 10.2 Å². The lowest BCUT2D eigenvalue weighted by Crippen LogP contribution is -2.44. The van der Waals surface area contributed by atoms with Gasteiger partial charge in [0.15, 0.2) is 11.5 Å². The van der Waals surface area contributed by atoms with Crippen molar-refractivity contribution in [3.63, 3.8) is 0 Å². The molecule has 0 unspecified atom stereocenters. The molecule has 0 aliphatic carbocycles. The summed E-state index contributed by atoms with van der Waals surface area (Å²) in [5.74, 6) is 1.76. The minimum atomic E-state index is 0.0965. The molecular formula is C15H21N2O4. The van der Waals surface area contributed by atoms with E-state index in [9.17, 15) is 4.79 Å². The van der Waals surface area contributed by atoms with E-state index in [0.29, 0.717) is 36.8 Å². The number of piperazine rings is 1. The Morgan fingerprint density at radius 2 is 1.67 bits per heavy atom. The van der Waals surface area contributed by atoms with Crippen LogP contribution < -0.4 is 19.5 Å². The quantitative estimate of drug-likeness (QED) is 0.802. The van der Waals surface area contributed by atoms with E-state index < -0.39 is 0 Å². The molecule has 1 heterocycles. The van der Waals surface area contributed by atoms with Crippen molar-refractivity contribution in [3.8, 4) is 17.2 Å². The summed E-state index contributed by atoms with van der Waals surface area (Å²) in [6.45, 7) is 2.84. The Balaban J connectivity index is 2.17. The molecule has 115 valence electrons. The predicted octanol–water partition coefficient (Wildman–Crippen LogP) is 0.701. The highest BCUT2D eigenvalue weighted by molar-refractivity contribution is 5.79. The smallest absolute Gasteiger partial charge is 0.227 e. The van der Waals surface area contributed by atoms with Crippen molar-refractivity contribution >= 4 is 5.91 Å². The van der Waals surface area contributed by atoms with Gasteiger partial charge in [0, 0.05) is 26.2 Å². The molecule has 2 rings (SSSR count). The Hall–Kier alpha value is -1.95. The zero-order chi connectivity index (χ0) is 15.2. The normalized spacial score (nSPS) is 14.7. The number of amides is 1. The SMILES string of the molecule is COc1cc(CC(=O)N2CC[N]CC2)cc(OC)c1OC. The lowest BCUT2D eigenvalue weighted by atomic mass is 10.1. The number of ether oxygens (including phenoxy) is 3. The number of carbonyl (C=O) groups excluding carboxylic acids is 1. The van der Waals surface area contributed by atoms with Crippen LogP contribution in [0.3, 0.4) is 0 Å². The predicted molar refractivity (Wildman–Crippen MR) is 78.3 cm³/mol. The molecule has 0 atom stereocenters. The van der Waals surface area contributed by atoms with Crippen LogP contribution in [0.15, 0.2) is 12.1 Å². The largest absolute Gasteiger partial charge is 0.493 e. The number of carbonyl (C=O) groups is 1. The van der Waals surface area contributed by atoms with Gasteiger partial charge in [-0.1, -0.05) is 0 Å². The van der Waals surface area contributed by atoms with Crippen LogP contribution in [0.25, 0.3) is 0 Å². The zero-order valence-electron chi connectivity index (χ0n) is 12.7. The Kier molecular flexibility index (Phi) is 5.27. The summed E-state index contributed by atoms with van der Waals surface area (Å²) < 4.78 is 15.9. The first-order chi connectivity index (χ1) is 10.2. The van der Waals surface area contributed by atoms with Gasteiger partial charge in [-0.3, -0.25) is 4.79 Å². The lowest BCUT2D eigenvalue weighted by molar-refractivity contribution is -0.131. The van der Waals surface area contributed by atoms with Crippen molar-refractivity contribution in [2.45, 2.75) is 6.42 Å². The third-order valence-electron chi connectivity index (χ3n) is 3.49. The van der Waals surface area contributed by atoms with E-state index in [0.717, 1.165) is 18.7 Å². The number of nitrogens with zero attached hydrogens (tertiary/aromatic N) is 2. The average Bonchev–Trinajstić information content (AvgIpc) is 2.54. The van der Waals surface area contributed by atoms with Crippen LogP contribution in [0.5, 0.6) is 17.2 Å². The second-order valence-corrected chi connectivity index (χ2v) is 4.76. The van der Waals surface area contributed by atoms with Crippen LogP contribution in [0.1, 0.15) is 5.56 Å². The standard InChI is InChI=1S/C15H21N2O4/c1-19-12-8-11(9-13(20-2)15(12)21-3)10-14(18)17-6-4-16-5-7-17/h8-9H,4-7,10H2,1-3H3. The van der Waals surface area contributed by atoms with Gasteiger partial charge in [-0.05, 0) is 17.7 Å². The van der Waals surface area contributed by atoms with Crippen LogP contribution in [-0.2, 0) is 11.2 Å². The highest BCUT2D eigenvalue weighted by Gasteiger charge is 2.19. The summed E-state index contributed by atoms with van der Waals surface area (Å²) >= 11 is 0. The van der Waals surface area contributed by atoms with Gasteiger partial charge in [-0.25, -0.2) is 5.32 Å². The first-order valence-corrected chi connectivity index (χ1v) is 6.89. The molecule has 0 bridgehead atoms. The van der Waals surface area contributed by atoms with Crippen LogP contribution in [0.2, 0.25) is 0 Å². The van der Waals surface area contributed by atoms with Crippen molar-refractivity contribution in [2.75, 3.05) is 47.5 Å². The van der Waals surface area contributed by atoms with Crippen LogP contribution in [-0.4, -0.2) is 58.3 Å². The third kappa shape index (κ3) is 3.58. The number of hydrogen-bond acceptors (Lipinski definition) is 4. The van der Waals surface area contributed by atoms with Gasteiger partial charge < -0.3 is 19.1 Å². The summed E-state index contributed by atoms with van der Waals surface area (Å²) in [4.78, 5) is 14.1. The molecule has 1 saturated heterocycles. The average molecular weight is 293 g/mol. The highest BCUT2D eigenvalue weighted by Crippen LogP contribution is 2.38. The third-order valence-corrected chi connectivity index (χ3v) is 3.49. The molecule has 1 fully saturated rings. The highest BCUT2D eigenvalue weighted by atomic mass is 16.5. The lowest BCUT2D eigenvalue weighted by Gasteiger charge is -2.26. The van der Waals surface area contributed by atoms with Gasteiger partial charge in [0.05, 0.1) is 27.8 Å². The topological polar surface area (TPSA) is 62.1 Å². The Bertz CT molecular complexity index is 473. The van der Waals surface area contributed by atoms with E-state index in [1.165, 1.54) is 0 Å². The fraction of sp³-hybridized carbons (Fsp3) is 0.533. The maximum absolute atomic E-state index is 12.3. The summed E-state index contributed by atoms with van der Waals surface area (Å²) in [6.07, 6.45) is 0.316. The first kappa shape index (κ1) is 15.4. The van der Waals surface area contributed by atoms with Crippen molar-refractivity contribution < 1.29 is 19.0 Å². The summed E-state index contributed by atoms with van der Waals surface area (Å²) in [6, 6.07) is 3.63. The zero-order valence-corrected chi connectivity index (χ0v) is 12.7.